The van der Waals surface area contributed by atoms with Gasteiger partial charge in [0.2, 0.25) is 0 Å². The molecule has 0 saturated carbocycles. The second kappa shape index (κ2) is 13.6. The first-order chi connectivity index (χ1) is 17.1. The van der Waals surface area contributed by atoms with Crippen LogP contribution in [0.2, 0.25) is 0 Å². The molecule has 3 N–H and O–H groups in total. The monoisotopic (exact) mass is 485 g/mol. The van der Waals surface area contributed by atoms with Crippen LogP contribution in [0.15, 0.2) is 121 Å². The summed E-state index contributed by atoms with van der Waals surface area (Å²) >= 11 is 0. The Morgan fingerprint density at radius 2 is 1.09 bits per heavy atom. The minimum atomic E-state index is -1.94. The van der Waals surface area contributed by atoms with Gasteiger partial charge in [0.25, 0.3) is 0 Å². The van der Waals surface area contributed by atoms with Gasteiger partial charge in [-0.25, -0.2) is 0 Å². The van der Waals surface area contributed by atoms with Gasteiger partial charge in [0.15, 0.2) is 0 Å². The van der Waals surface area contributed by atoms with Gasteiger partial charge >= 0.3 is 146 Å². The normalized spacial score (nSPS) is 12.2. The molecule has 3 nitrogen and oxygen atoms in total. The SMILES string of the molecule is CCCC[PH](c1ccccc1)(c1ccccc1)c1ccccc1.N[C@@H](Cc1ccccc1)C(=O)O. The van der Waals surface area contributed by atoms with Crippen LogP contribution in [0, 0.1) is 0 Å². The van der Waals surface area contributed by atoms with Crippen molar-refractivity contribution in [1.29, 1.82) is 0 Å². The van der Waals surface area contributed by atoms with E-state index >= 15 is 0 Å². The van der Waals surface area contributed by atoms with Gasteiger partial charge in [0, 0.05) is 0 Å². The maximum absolute atomic E-state index is 10.4. The Kier molecular flexibility index (Phi) is 10.2. The van der Waals surface area contributed by atoms with E-state index in [4.69, 9.17) is 10.8 Å². The van der Waals surface area contributed by atoms with E-state index < -0.39 is 19.3 Å². The molecule has 0 unspecified atom stereocenters. The quantitative estimate of drug-likeness (QED) is 0.322. The van der Waals surface area contributed by atoms with Crippen molar-refractivity contribution in [2.24, 2.45) is 5.73 Å². The molecule has 35 heavy (non-hydrogen) atoms. The van der Waals surface area contributed by atoms with Crippen LogP contribution in [0.25, 0.3) is 0 Å². The molecule has 0 spiro atoms. The summed E-state index contributed by atoms with van der Waals surface area (Å²) in [7, 11) is -1.94. The molecule has 0 radical (unpaired) electrons. The molecule has 182 valence electrons. The summed E-state index contributed by atoms with van der Waals surface area (Å²) in [5.74, 6) is -0.959. The van der Waals surface area contributed by atoms with Gasteiger partial charge in [-0.15, -0.1) is 0 Å². The summed E-state index contributed by atoms with van der Waals surface area (Å²) < 4.78 is 0. The summed E-state index contributed by atoms with van der Waals surface area (Å²) in [5.41, 5.74) is 6.30. The largest absolute Gasteiger partial charge is 0.480 e. The standard InChI is InChI=1S/C22H25P.C9H11NO2/c1-2-3-19-23(20-13-7-4-8-14-20,21-15-9-5-10-16-21)22-17-11-6-12-18-22;10-8(9(11)12)6-7-4-2-1-3-5-7/h4-18,23H,2-3,19H2,1H3;1-5,8H,6,10H2,(H,11,12)/t;8-/m.0/s1. The van der Waals surface area contributed by atoms with Gasteiger partial charge in [0.1, 0.15) is 6.04 Å². The Hall–Kier alpha value is -3.26. The Labute approximate surface area is 210 Å². The number of hydrogen-bond donors (Lipinski definition) is 2. The average Bonchev–Trinajstić information content (AvgIpc) is 2.92. The summed E-state index contributed by atoms with van der Waals surface area (Å²) in [6.45, 7) is 2.29. The van der Waals surface area contributed by atoms with Crippen LogP contribution in [0.1, 0.15) is 25.3 Å². The number of unbranched alkanes of at least 4 members (excludes halogenated alkanes) is 1. The maximum atomic E-state index is 10.4. The van der Waals surface area contributed by atoms with Crippen molar-refractivity contribution >= 4 is 29.1 Å². The van der Waals surface area contributed by atoms with Gasteiger partial charge in [-0.05, 0) is 12.0 Å². The molecule has 4 aromatic rings. The van der Waals surface area contributed by atoms with Crippen LogP contribution in [-0.2, 0) is 11.2 Å². The first kappa shape index (κ1) is 26.3. The summed E-state index contributed by atoms with van der Waals surface area (Å²) in [4.78, 5) is 10.4. The predicted molar refractivity (Wildman–Crippen MR) is 152 cm³/mol. The van der Waals surface area contributed by atoms with Crippen molar-refractivity contribution in [3.63, 3.8) is 0 Å². The van der Waals surface area contributed by atoms with Gasteiger partial charge in [-0.1, -0.05) is 30.3 Å². The minimum Gasteiger partial charge on any atom is -0.480 e. The molecule has 0 fully saturated rings. The van der Waals surface area contributed by atoms with Crippen molar-refractivity contribution in [1.82, 2.24) is 0 Å². The van der Waals surface area contributed by atoms with Crippen LogP contribution in [0.5, 0.6) is 0 Å². The minimum absolute atomic E-state index is 0.385. The van der Waals surface area contributed by atoms with E-state index in [-0.39, 0.29) is 0 Å². The Balaban J connectivity index is 0.000000241. The molecule has 0 aromatic heterocycles. The van der Waals surface area contributed by atoms with Crippen molar-refractivity contribution in [2.45, 2.75) is 32.2 Å². The van der Waals surface area contributed by atoms with Crippen molar-refractivity contribution in [3.05, 3.63) is 127 Å². The fraction of sp³-hybridized carbons (Fsp3) is 0.194. The molecular weight excluding hydrogens is 449 g/mol. The number of hydrogen-bond acceptors (Lipinski definition) is 2. The van der Waals surface area contributed by atoms with Gasteiger partial charge < -0.3 is 10.8 Å². The van der Waals surface area contributed by atoms with Gasteiger partial charge in [-0.3, -0.25) is 4.79 Å². The number of carboxylic acid groups (broad SMARTS) is 1. The molecule has 4 rings (SSSR count). The Bertz CT molecular complexity index is 1040. The molecule has 0 aliphatic rings. The fourth-order valence-electron chi connectivity index (χ4n) is 4.50. The number of carboxylic acids is 1. The fourth-order valence-corrected chi connectivity index (χ4v) is 9.53. The summed E-state index contributed by atoms with van der Waals surface area (Å²) in [6.07, 6.45) is 4.16. The molecule has 0 aliphatic heterocycles. The molecule has 0 aliphatic carbocycles. The van der Waals surface area contributed by atoms with Gasteiger partial charge in [0.05, 0.1) is 0 Å². The topological polar surface area (TPSA) is 63.3 Å². The smallest absolute Gasteiger partial charge is 0.320 e. The van der Waals surface area contributed by atoms with Crippen molar-refractivity contribution in [3.8, 4) is 0 Å². The number of rotatable bonds is 9. The van der Waals surface area contributed by atoms with Crippen LogP contribution in [0.4, 0.5) is 0 Å². The third kappa shape index (κ3) is 7.11. The molecule has 4 heteroatoms. The first-order valence-electron chi connectivity index (χ1n) is 12.3. The molecule has 0 amide bonds. The van der Waals surface area contributed by atoms with E-state index in [9.17, 15) is 4.79 Å². The molecule has 1 atom stereocenters. The number of benzene rings is 4. The van der Waals surface area contributed by atoms with E-state index in [0.29, 0.717) is 6.42 Å². The average molecular weight is 486 g/mol. The third-order valence-electron chi connectivity index (χ3n) is 6.32. The molecule has 0 saturated heterocycles. The predicted octanol–water partition coefficient (Wildman–Crippen LogP) is 5.15. The molecular formula is C31H36NO2P. The summed E-state index contributed by atoms with van der Waals surface area (Å²) in [5, 5.41) is 13.1. The van der Waals surface area contributed by atoms with Crippen LogP contribution in [0.3, 0.4) is 0 Å². The zero-order chi connectivity index (χ0) is 24.9. The number of carbonyl (C=O) groups is 1. The van der Waals surface area contributed by atoms with E-state index in [1.54, 1.807) is 0 Å². The van der Waals surface area contributed by atoms with E-state index in [1.807, 2.05) is 30.3 Å². The number of aliphatic carboxylic acids is 1. The van der Waals surface area contributed by atoms with Crippen LogP contribution in [-0.4, -0.2) is 23.3 Å². The van der Waals surface area contributed by atoms with E-state index in [2.05, 4.69) is 97.9 Å². The molecule has 0 heterocycles. The van der Waals surface area contributed by atoms with Crippen molar-refractivity contribution < 1.29 is 9.90 Å². The Morgan fingerprint density at radius 3 is 1.43 bits per heavy atom. The Morgan fingerprint density at radius 1 is 0.714 bits per heavy atom. The second-order valence-electron chi connectivity index (χ2n) is 8.74. The third-order valence-corrected chi connectivity index (χ3v) is 11.4. The molecule has 0 bridgehead atoms. The maximum Gasteiger partial charge on any atom is 0.320 e. The summed E-state index contributed by atoms with van der Waals surface area (Å²) in [6, 6.07) is 42.1. The van der Waals surface area contributed by atoms with E-state index in [0.717, 1.165) is 5.56 Å². The van der Waals surface area contributed by atoms with Gasteiger partial charge in [-0.2, -0.15) is 0 Å². The van der Waals surface area contributed by atoms with E-state index in [1.165, 1.54) is 34.9 Å². The second-order valence-corrected chi connectivity index (χ2v) is 12.8. The van der Waals surface area contributed by atoms with Crippen molar-refractivity contribution in [2.75, 3.05) is 6.16 Å². The zero-order valence-corrected chi connectivity index (χ0v) is 21.4. The number of nitrogens with two attached hydrogens (primary N) is 1. The van der Waals surface area contributed by atoms with Crippen LogP contribution >= 0.6 is 7.26 Å². The van der Waals surface area contributed by atoms with Crippen LogP contribution < -0.4 is 21.6 Å². The first-order valence-corrected chi connectivity index (χ1v) is 14.5. The zero-order valence-electron chi connectivity index (χ0n) is 20.4. The molecule has 4 aromatic carbocycles.